The standard InChI is InChI=1S/C32H42O11/c1-12-8-20-29(5,31(7,38)27(37)43-20)17-9-15-21-16(10-19(40-13(2)33)28(15,4)22(12)17)30(6)26(41-14(3)34)24-18(42-24)11-32(30,39)25(36)23(21)35/h8,12,15-19,21-24,26,35,38-39H,9-11H2,1-7H3/t12-,15+,16+,17?,18+,19+,21+,22+,23+,24+,26+,28-,29-,30+,31+,32+/m1/s1. The van der Waals surface area contributed by atoms with Gasteiger partial charge in [0.15, 0.2) is 11.4 Å². The van der Waals surface area contributed by atoms with Gasteiger partial charge >= 0.3 is 17.9 Å². The van der Waals surface area contributed by atoms with Crippen LogP contribution in [0, 0.1) is 51.8 Å². The van der Waals surface area contributed by atoms with E-state index in [1.165, 1.54) is 20.8 Å². The molecule has 43 heavy (non-hydrogen) atoms. The summed E-state index contributed by atoms with van der Waals surface area (Å²) in [5.74, 6) is -4.45. The number of esters is 3. The van der Waals surface area contributed by atoms with E-state index >= 15 is 0 Å². The number of hydrogen-bond donors (Lipinski definition) is 3. The molecule has 7 rings (SSSR count). The van der Waals surface area contributed by atoms with E-state index in [-0.39, 0.29) is 30.6 Å². The number of epoxide rings is 1. The Morgan fingerprint density at radius 2 is 1.63 bits per heavy atom. The molecule has 0 aromatic carbocycles. The summed E-state index contributed by atoms with van der Waals surface area (Å²) in [4.78, 5) is 52.1. The van der Waals surface area contributed by atoms with E-state index in [2.05, 4.69) is 0 Å². The summed E-state index contributed by atoms with van der Waals surface area (Å²) in [5, 5.41) is 35.7. The molecule has 0 aromatic rings. The first-order chi connectivity index (χ1) is 19.9. The average Bonchev–Trinajstić information content (AvgIpc) is 3.54. The van der Waals surface area contributed by atoms with Crippen molar-refractivity contribution in [3.8, 4) is 0 Å². The molecule has 0 spiro atoms. The number of ether oxygens (including phenoxy) is 4. The highest BCUT2D eigenvalue weighted by molar-refractivity contribution is 5.94. The van der Waals surface area contributed by atoms with E-state index in [1.807, 2.05) is 26.8 Å². The van der Waals surface area contributed by atoms with Gasteiger partial charge in [0.1, 0.15) is 35.8 Å². The van der Waals surface area contributed by atoms with Crippen LogP contribution in [-0.4, -0.2) is 80.7 Å². The lowest BCUT2D eigenvalue weighted by Gasteiger charge is -2.65. The van der Waals surface area contributed by atoms with Crippen molar-refractivity contribution in [2.24, 2.45) is 51.8 Å². The molecule has 2 heterocycles. The molecule has 0 amide bonds. The number of carbonyl (C=O) groups excluding carboxylic acids is 4. The second kappa shape index (κ2) is 8.47. The first-order valence-corrected chi connectivity index (χ1v) is 15.5. The molecule has 236 valence electrons. The van der Waals surface area contributed by atoms with Gasteiger partial charge in [-0.2, -0.15) is 0 Å². The van der Waals surface area contributed by atoms with Crippen molar-refractivity contribution in [1.82, 2.24) is 0 Å². The SMILES string of the molecule is CC(=O)O[C@H]1C[C@H]2[C@@H]([C@H](O)C(=O)[C@@]3(O)C[C@@H]4O[C@@H]4[C@H](OC(C)=O)[C@]23C)[C@@H]2CC3[C@H]([C@H](C)C=C4OC(=O)[C@](C)(O)[C@@]43C)[C@@]12C. The fourth-order valence-electron chi connectivity index (χ4n) is 11.5. The molecule has 7 aliphatic rings. The van der Waals surface area contributed by atoms with E-state index in [0.29, 0.717) is 12.2 Å². The summed E-state index contributed by atoms with van der Waals surface area (Å²) in [5.41, 5.74) is -7.07. The van der Waals surface area contributed by atoms with Crippen LogP contribution in [0.15, 0.2) is 11.8 Å². The topological polar surface area (TPSA) is 169 Å². The first kappa shape index (κ1) is 29.4. The predicted octanol–water partition coefficient (Wildman–Crippen LogP) is 1.44. The van der Waals surface area contributed by atoms with Crippen molar-refractivity contribution in [3.05, 3.63) is 11.8 Å². The van der Waals surface area contributed by atoms with Gasteiger partial charge in [0.25, 0.3) is 0 Å². The number of aliphatic hydroxyl groups excluding tert-OH is 1. The third-order valence-corrected chi connectivity index (χ3v) is 13.7. The van der Waals surface area contributed by atoms with Gasteiger partial charge in [-0.1, -0.05) is 20.8 Å². The van der Waals surface area contributed by atoms with Crippen LogP contribution >= 0.6 is 0 Å². The summed E-state index contributed by atoms with van der Waals surface area (Å²) in [6.07, 6.45) is -1.66. The Labute approximate surface area is 250 Å². The van der Waals surface area contributed by atoms with Crippen LogP contribution in [-0.2, 0) is 38.1 Å². The number of carbonyl (C=O) groups is 4. The lowest BCUT2D eigenvalue weighted by Crippen LogP contribution is -2.76. The number of ketones is 1. The smallest absolute Gasteiger partial charge is 0.343 e. The van der Waals surface area contributed by atoms with Gasteiger partial charge in [-0.25, -0.2) is 4.79 Å². The van der Waals surface area contributed by atoms with Crippen LogP contribution in [0.25, 0.3) is 0 Å². The maximum Gasteiger partial charge on any atom is 0.343 e. The molecule has 1 unspecified atom stereocenters. The van der Waals surface area contributed by atoms with Crippen LogP contribution in [0.5, 0.6) is 0 Å². The zero-order chi connectivity index (χ0) is 31.4. The lowest BCUT2D eigenvalue weighted by molar-refractivity contribution is -0.263. The van der Waals surface area contributed by atoms with Crippen molar-refractivity contribution >= 4 is 23.7 Å². The maximum atomic E-state index is 14.2. The quantitative estimate of drug-likeness (QED) is 0.238. The van der Waals surface area contributed by atoms with Crippen LogP contribution in [0.2, 0.25) is 0 Å². The Bertz CT molecular complexity index is 1370. The molecular formula is C32H42O11. The molecular weight excluding hydrogens is 560 g/mol. The highest BCUT2D eigenvalue weighted by atomic mass is 16.6. The molecule has 0 bridgehead atoms. The molecule has 11 nitrogen and oxygen atoms in total. The molecule has 11 heteroatoms. The van der Waals surface area contributed by atoms with Crippen molar-refractivity contribution in [2.45, 2.75) is 109 Å². The minimum absolute atomic E-state index is 0.0266. The summed E-state index contributed by atoms with van der Waals surface area (Å²) in [6.45, 7) is 11.7. The van der Waals surface area contributed by atoms with Crippen molar-refractivity contribution in [2.75, 3.05) is 0 Å². The molecule has 2 aliphatic heterocycles. The van der Waals surface area contributed by atoms with E-state index < -0.39 is 99.4 Å². The van der Waals surface area contributed by atoms with Crippen molar-refractivity contribution in [1.29, 1.82) is 0 Å². The Kier molecular flexibility index (Phi) is 5.79. The first-order valence-electron chi connectivity index (χ1n) is 15.5. The Morgan fingerprint density at radius 1 is 0.977 bits per heavy atom. The largest absolute Gasteiger partial charge is 0.462 e. The van der Waals surface area contributed by atoms with Gasteiger partial charge in [-0.15, -0.1) is 0 Å². The minimum atomic E-state index is -2.03. The zero-order valence-corrected chi connectivity index (χ0v) is 25.7. The maximum absolute atomic E-state index is 14.2. The number of aliphatic hydroxyl groups is 3. The van der Waals surface area contributed by atoms with E-state index in [4.69, 9.17) is 18.9 Å². The summed E-state index contributed by atoms with van der Waals surface area (Å²) in [6, 6.07) is 0. The normalized spacial score (nSPS) is 57.5. The molecule has 0 aromatic heterocycles. The van der Waals surface area contributed by atoms with Gasteiger partial charge in [-0.3, -0.25) is 14.4 Å². The second-order valence-corrected chi connectivity index (χ2v) is 15.2. The molecule has 16 atom stereocenters. The van der Waals surface area contributed by atoms with Crippen LogP contribution < -0.4 is 0 Å². The van der Waals surface area contributed by atoms with Gasteiger partial charge in [0, 0.05) is 31.1 Å². The molecule has 6 fully saturated rings. The Hall–Kier alpha value is -2.34. The summed E-state index contributed by atoms with van der Waals surface area (Å²) >= 11 is 0. The number of Topliss-reactive ketones (excluding diaryl/α,β-unsaturated/α-hetero) is 1. The Balaban J connectivity index is 1.41. The van der Waals surface area contributed by atoms with E-state index in [0.717, 1.165) is 0 Å². The van der Waals surface area contributed by atoms with E-state index in [9.17, 15) is 34.5 Å². The molecule has 4 saturated carbocycles. The van der Waals surface area contributed by atoms with Crippen LogP contribution in [0.4, 0.5) is 0 Å². The van der Waals surface area contributed by atoms with Crippen LogP contribution in [0.3, 0.4) is 0 Å². The minimum Gasteiger partial charge on any atom is -0.462 e. The summed E-state index contributed by atoms with van der Waals surface area (Å²) in [7, 11) is 0. The lowest BCUT2D eigenvalue weighted by atomic mass is 9.40. The van der Waals surface area contributed by atoms with Crippen molar-refractivity contribution < 1.29 is 53.4 Å². The number of fused-ring (bicyclic) bond motifs is 10. The van der Waals surface area contributed by atoms with E-state index in [1.54, 1.807) is 6.92 Å². The molecule has 5 aliphatic carbocycles. The average molecular weight is 603 g/mol. The fraction of sp³-hybridized carbons (Fsp3) is 0.812. The number of allylic oxidation sites excluding steroid dienone is 1. The van der Waals surface area contributed by atoms with Gasteiger partial charge < -0.3 is 34.3 Å². The van der Waals surface area contributed by atoms with Gasteiger partial charge in [0.2, 0.25) is 0 Å². The van der Waals surface area contributed by atoms with Gasteiger partial charge in [0.05, 0.1) is 11.5 Å². The predicted molar refractivity (Wildman–Crippen MR) is 145 cm³/mol. The third kappa shape index (κ3) is 3.20. The third-order valence-electron chi connectivity index (χ3n) is 13.7. The molecule has 3 N–H and O–H groups in total. The highest BCUT2D eigenvalue weighted by Crippen LogP contribution is 2.75. The highest BCUT2D eigenvalue weighted by Gasteiger charge is 2.81. The van der Waals surface area contributed by atoms with Crippen molar-refractivity contribution in [3.63, 3.8) is 0 Å². The fourth-order valence-corrected chi connectivity index (χ4v) is 11.5. The molecule has 0 radical (unpaired) electrons. The van der Waals surface area contributed by atoms with Gasteiger partial charge in [-0.05, 0) is 68.3 Å². The van der Waals surface area contributed by atoms with Crippen LogP contribution in [0.1, 0.15) is 67.7 Å². The molecule has 2 saturated heterocycles. The number of hydrogen-bond acceptors (Lipinski definition) is 11. The Morgan fingerprint density at radius 3 is 2.26 bits per heavy atom. The monoisotopic (exact) mass is 602 g/mol. The second-order valence-electron chi connectivity index (χ2n) is 15.2. The number of rotatable bonds is 2. The summed E-state index contributed by atoms with van der Waals surface area (Å²) < 4.78 is 23.4. The zero-order valence-electron chi connectivity index (χ0n) is 25.7.